The Balaban J connectivity index is 0.000000750. The van der Waals surface area contributed by atoms with Gasteiger partial charge in [0.15, 0.2) is 0 Å². The Bertz CT molecular complexity index is 298. The van der Waals surface area contributed by atoms with Gasteiger partial charge in [-0.15, -0.1) is 12.4 Å². The van der Waals surface area contributed by atoms with Gasteiger partial charge in [-0.3, -0.25) is 0 Å². The number of benzene rings is 1. The summed E-state index contributed by atoms with van der Waals surface area (Å²) in [4.78, 5) is 0. The highest BCUT2D eigenvalue weighted by molar-refractivity contribution is 5.85. The van der Waals surface area contributed by atoms with Crippen LogP contribution in [-0.4, -0.2) is 19.2 Å². The van der Waals surface area contributed by atoms with E-state index < -0.39 is 0 Å². The minimum absolute atomic E-state index is 0. The Morgan fingerprint density at radius 1 is 1.21 bits per heavy atom. The van der Waals surface area contributed by atoms with E-state index in [1.54, 1.807) is 0 Å². The van der Waals surface area contributed by atoms with E-state index in [4.69, 9.17) is 4.74 Å². The van der Waals surface area contributed by atoms with E-state index in [0.29, 0.717) is 12.0 Å². The molecule has 2 aliphatic rings. The molecule has 2 heterocycles. The van der Waals surface area contributed by atoms with Crippen LogP contribution in [0.2, 0.25) is 0 Å². The van der Waals surface area contributed by atoms with Gasteiger partial charge in [0.05, 0.1) is 0 Å². The monoisotopic (exact) mass is 211 g/mol. The van der Waals surface area contributed by atoms with Crippen molar-refractivity contribution in [3.63, 3.8) is 0 Å². The van der Waals surface area contributed by atoms with Crippen molar-refractivity contribution in [1.29, 1.82) is 0 Å². The molecule has 2 nitrogen and oxygen atoms in total. The lowest BCUT2D eigenvalue weighted by molar-refractivity contribution is 0.153. The number of para-hydroxylation sites is 1. The summed E-state index contributed by atoms with van der Waals surface area (Å²) in [5.74, 6) is 1.78. The molecular weight excluding hydrogens is 198 g/mol. The zero-order valence-electron chi connectivity index (χ0n) is 7.90. The highest BCUT2D eigenvalue weighted by Crippen LogP contribution is 2.31. The van der Waals surface area contributed by atoms with Crippen molar-refractivity contribution in [2.24, 2.45) is 5.92 Å². The smallest absolute Gasteiger partial charge is 0.123 e. The maximum Gasteiger partial charge on any atom is 0.123 e. The Kier molecular flexibility index (Phi) is 2.66. The quantitative estimate of drug-likeness (QED) is 0.705. The van der Waals surface area contributed by atoms with Crippen molar-refractivity contribution in [3.05, 3.63) is 29.8 Å². The molecule has 0 amide bonds. The fourth-order valence-electron chi connectivity index (χ4n) is 2.28. The standard InChI is InChI=1S/C11H13NO.ClH/c1-2-4-10-8(3-1)5-9-6-12-7-11(9)13-10;/h1-4,9,11-12H,5-7H2;1H. The number of hydrogen-bond donors (Lipinski definition) is 1. The first-order valence-corrected chi connectivity index (χ1v) is 4.89. The van der Waals surface area contributed by atoms with Gasteiger partial charge in [-0.1, -0.05) is 18.2 Å². The van der Waals surface area contributed by atoms with Crippen LogP contribution < -0.4 is 10.1 Å². The molecule has 1 fully saturated rings. The normalized spacial score (nSPS) is 28.3. The molecule has 2 aliphatic heterocycles. The number of rotatable bonds is 0. The summed E-state index contributed by atoms with van der Waals surface area (Å²) in [6.07, 6.45) is 1.59. The van der Waals surface area contributed by atoms with Crippen molar-refractivity contribution in [2.45, 2.75) is 12.5 Å². The first-order valence-electron chi connectivity index (χ1n) is 4.89. The lowest BCUT2D eigenvalue weighted by Gasteiger charge is -2.27. The molecule has 3 heteroatoms. The zero-order chi connectivity index (χ0) is 8.67. The second kappa shape index (κ2) is 3.79. The molecule has 0 spiro atoms. The lowest BCUT2D eigenvalue weighted by Crippen LogP contribution is -2.31. The van der Waals surface area contributed by atoms with Gasteiger partial charge >= 0.3 is 0 Å². The third-order valence-corrected chi connectivity index (χ3v) is 3.01. The molecule has 1 aromatic rings. The summed E-state index contributed by atoms with van der Waals surface area (Å²) in [7, 11) is 0. The molecule has 0 aromatic heterocycles. The number of nitrogens with one attached hydrogen (secondary N) is 1. The molecule has 0 bridgehead atoms. The zero-order valence-corrected chi connectivity index (χ0v) is 8.72. The molecule has 0 aliphatic carbocycles. The summed E-state index contributed by atoms with van der Waals surface area (Å²) in [5, 5.41) is 3.37. The molecule has 1 aromatic carbocycles. The summed E-state index contributed by atoms with van der Waals surface area (Å²) in [6, 6.07) is 8.38. The van der Waals surface area contributed by atoms with Crippen molar-refractivity contribution in [1.82, 2.24) is 5.32 Å². The van der Waals surface area contributed by atoms with Crippen molar-refractivity contribution in [3.8, 4) is 5.75 Å². The van der Waals surface area contributed by atoms with Gasteiger partial charge in [0.2, 0.25) is 0 Å². The average Bonchev–Trinajstić information content (AvgIpc) is 2.61. The predicted molar refractivity (Wildman–Crippen MR) is 58.2 cm³/mol. The van der Waals surface area contributed by atoms with E-state index in [9.17, 15) is 0 Å². The number of hydrogen-bond acceptors (Lipinski definition) is 2. The molecule has 1 N–H and O–H groups in total. The Hall–Kier alpha value is -0.730. The fourth-order valence-corrected chi connectivity index (χ4v) is 2.28. The highest BCUT2D eigenvalue weighted by Gasteiger charge is 2.33. The van der Waals surface area contributed by atoms with E-state index in [2.05, 4.69) is 23.5 Å². The fraction of sp³-hybridized carbons (Fsp3) is 0.455. The minimum atomic E-state index is 0. The van der Waals surface area contributed by atoms with Crippen LogP contribution >= 0.6 is 12.4 Å². The maximum atomic E-state index is 5.89. The third kappa shape index (κ3) is 1.49. The number of ether oxygens (including phenoxy) is 1. The molecule has 2 unspecified atom stereocenters. The molecule has 76 valence electrons. The Morgan fingerprint density at radius 3 is 3.00 bits per heavy atom. The van der Waals surface area contributed by atoms with Crippen molar-refractivity contribution >= 4 is 12.4 Å². The first-order chi connectivity index (χ1) is 6.43. The summed E-state index contributed by atoms with van der Waals surface area (Å²) in [5.41, 5.74) is 1.37. The predicted octanol–water partition coefficient (Wildman–Crippen LogP) is 1.63. The summed E-state index contributed by atoms with van der Waals surface area (Å²) >= 11 is 0. The van der Waals surface area contributed by atoms with Gasteiger partial charge in [-0.2, -0.15) is 0 Å². The van der Waals surface area contributed by atoms with Gasteiger partial charge < -0.3 is 10.1 Å². The van der Waals surface area contributed by atoms with Crippen LogP contribution in [0.15, 0.2) is 24.3 Å². The summed E-state index contributed by atoms with van der Waals surface area (Å²) < 4.78 is 5.89. The molecule has 0 radical (unpaired) electrons. The Morgan fingerprint density at radius 2 is 2.07 bits per heavy atom. The second-order valence-electron chi connectivity index (χ2n) is 3.89. The van der Waals surface area contributed by atoms with E-state index in [1.807, 2.05) is 6.07 Å². The molecule has 2 atom stereocenters. The largest absolute Gasteiger partial charge is 0.488 e. The first kappa shape index (κ1) is 9.81. The van der Waals surface area contributed by atoms with Gasteiger partial charge in [-0.05, 0) is 18.1 Å². The molecule has 0 saturated carbocycles. The number of fused-ring (bicyclic) bond motifs is 2. The molecule has 1 saturated heterocycles. The van der Waals surface area contributed by atoms with Crippen LogP contribution in [0.1, 0.15) is 5.56 Å². The second-order valence-corrected chi connectivity index (χ2v) is 3.89. The van der Waals surface area contributed by atoms with Gasteiger partial charge in [0, 0.05) is 19.0 Å². The van der Waals surface area contributed by atoms with Crippen molar-refractivity contribution in [2.75, 3.05) is 13.1 Å². The average molecular weight is 212 g/mol. The lowest BCUT2D eigenvalue weighted by atomic mass is 9.93. The van der Waals surface area contributed by atoms with Crippen LogP contribution in [0.25, 0.3) is 0 Å². The number of halogens is 1. The highest BCUT2D eigenvalue weighted by atomic mass is 35.5. The van der Waals surface area contributed by atoms with Crippen LogP contribution in [0.5, 0.6) is 5.75 Å². The van der Waals surface area contributed by atoms with Crippen LogP contribution in [-0.2, 0) is 6.42 Å². The Labute approximate surface area is 90.1 Å². The topological polar surface area (TPSA) is 21.3 Å². The van der Waals surface area contributed by atoms with E-state index in [-0.39, 0.29) is 12.4 Å². The minimum Gasteiger partial charge on any atom is -0.488 e. The third-order valence-electron chi connectivity index (χ3n) is 3.01. The molecule has 3 rings (SSSR count). The summed E-state index contributed by atoms with van der Waals surface area (Å²) in [6.45, 7) is 2.12. The van der Waals surface area contributed by atoms with Crippen LogP contribution in [0, 0.1) is 5.92 Å². The van der Waals surface area contributed by atoms with Crippen LogP contribution in [0.4, 0.5) is 0 Å². The van der Waals surface area contributed by atoms with Gasteiger partial charge in [0.1, 0.15) is 11.9 Å². The van der Waals surface area contributed by atoms with E-state index in [0.717, 1.165) is 18.8 Å². The maximum absolute atomic E-state index is 5.89. The van der Waals surface area contributed by atoms with E-state index >= 15 is 0 Å². The van der Waals surface area contributed by atoms with E-state index in [1.165, 1.54) is 12.0 Å². The molecular formula is C11H14ClNO. The SMILES string of the molecule is Cl.c1ccc2c(c1)CC1CNCC1O2. The molecule has 14 heavy (non-hydrogen) atoms. The van der Waals surface area contributed by atoms with Crippen LogP contribution in [0.3, 0.4) is 0 Å². The van der Waals surface area contributed by atoms with Crippen molar-refractivity contribution < 1.29 is 4.74 Å². The van der Waals surface area contributed by atoms with Gasteiger partial charge in [-0.25, -0.2) is 0 Å². The van der Waals surface area contributed by atoms with Gasteiger partial charge in [0.25, 0.3) is 0 Å².